The number of hydrogen-bond donors (Lipinski definition) is 1. The Kier molecular flexibility index (Phi) is 5.61. The molecule has 2 aliphatic rings. The molecule has 0 spiro atoms. The monoisotopic (exact) mass is 483 g/mol. The van der Waals surface area contributed by atoms with Gasteiger partial charge < -0.3 is 14.8 Å². The molecule has 6 nitrogen and oxygen atoms in total. The molecule has 0 unspecified atom stereocenters. The van der Waals surface area contributed by atoms with Crippen LogP contribution in [0, 0.1) is 5.92 Å². The molecule has 5 rings (SSSR count). The number of rotatable bonds is 6. The fourth-order valence-electron chi connectivity index (χ4n) is 4.21. The van der Waals surface area contributed by atoms with E-state index in [0.717, 1.165) is 40.0 Å². The molecule has 0 aliphatic heterocycles. The van der Waals surface area contributed by atoms with E-state index in [9.17, 15) is 4.79 Å². The molecule has 31 heavy (non-hydrogen) atoms. The summed E-state index contributed by atoms with van der Waals surface area (Å²) in [5.74, 6) is 1.83. The van der Waals surface area contributed by atoms with Crippen LogP contribution in [0.5, 0.6) is 11.5 Å². The van der Waals surface area contributed by atoms with Gasteiger partial charge in [0.25, 0.3) is 0 Å². The summed E-state index contributed by atoms with van der Waals surface area (Å²) in [5.41, 5.74) is 2.66. The number of imidazole rings is 1. The molecular formula is C24H26BrN3O3. The largest absolute Gasteiger partial charge is 0.493 e. The number of ether oxygens (including phenoxy) is 2. The van der Waals surface area contributed by atoms with Gasteiger partial charge in [0.1, 0.15) is 17.2 Å². The van der Waals surface area contributed by atoms with E-state index >= 15 is 0 Å². The second kappa shape index (κ2) is 8.54. The molecule has 0 atom stereocenters. The fourth-order valence-corrected chi connectivity index (χ4v) is 4.55. The van der Waals surface area contributed by atoms with E-state index in [1.54, 1.807) is 13.2 Å². The standard InChI is InChI=1S/C24H26BrN3O3/c1-30-20-13-16(9-11-19(20)31-24(29)15-7-8-15)22-23(26-18-5-3-2-4-6-18)28-14-17(25)10-12-21(28)27-22/h9-15,18,26H,2-8H2,1H3. The first-order valence-corrected chi connectivity index (χ1v) is 11.8. The Morgan fingerprint density at radius 3 is 2.65 bits per heavy atom. The Bertz CT molecular complexity index is 1120. The van der Waals surface area contributed by atoms with Gasteiger partial charge in [0.05, 0.1) is 13.0 Å². The van der Waals surface area contributed by atoms with Crippen LogP contribution in [0.15, 0.2) is 41.0 Å². The van der Waals surface area contributed by atoms with Crippen LogP contribution in [0.3, 0.4) is 0 Å². The Morgan fingerprint density at radius 1 is 1.10 bits per heavy atom. The lowest BCUT2D eigenvalue weighted by atomic mass is 9.95. The summed E-state index contributed by atoms with van der Waals surface area (Å²) in [5, 5.41) is 3.76. The van der Waals surface area contributed by atoms with Gasteiger partial charge >= 0.3 is 5.97 Å². The maximum Gasteiger partial charge on any atom is 0.314 e. The Balaban J connectivity index is 1.53. The number of esters is 1. The average Bonchev–Trinajstić information content (AvgIpc) is 3.59. The maximum absolute atomic E-state index is 12.1. The summed E-state index contributed by atoms with van der Waals surface area (Å²) in [7, 11) is 1.59. The van der Waals surface area contributed by atoms with Crippen molar-refractivity contribution in [3.8, 4) is 22.8 Å². The Morgan fingerprint density at radius 2 is 1.90 bits per heavy atom. The second-order valence-electron chi connectivity index (χ2n) is 8.42. The minimum absolute atomic E-state index is 0.0348. The van der Waals surface area contributed by atoms with Gasteiger partial charge in [-0.2, -0.15) is 0 Å². The van der Waals surface area contributed by atoms with E-state index in [-0.39, 0.29) is 11.9 Å². The summed E-state index contributed by atoms with van der Waals surface area (Å²) >= 11 is 3.58. The molecular weight excluding hydrogens is 458 g/mol. The van der Waals surface area contributed by atoms with E-state index in [0.29, 0.717) is 17.5 Å². The van der Waals surface area contributed by atoms with E-state index in [2.05, 4.69) is 25.6 Å². The Hall–Kier alpha value is -2.54. The molecule has 0 amide bonds. The number of fused-ring (bicyclic) bond motifs is 1. The van der Waals surface area contributed by atoms with Crippen molar-refractivity contribution in [3.05, 3.63) is 41.0 Å². The highest BCUT2D eigenvalue weighted by Gasteiger charge is 2.32. The summed E-state index contributed by atoms with van der Waals surface area (Å²) in [6.45, 7) is 0. The summed E-state index contributed by atoms with van der Waals surface area (Å²) < 4.78 is 14.2. The van der Waals surface area contributed by atoms with Gasteiger partial charge in [-0.1, -0.05) is 19.3 Å². The zero-order valence-electron chi connectivity index (χ0n) is 17.6. The molecule has 2 aliphatic carbocycles. The SMILES string of the molecule is COc1cc(-c2nc3ccc(Br)cn3c2NC2CCCCC2)ccc1OC(=O)C1CC1. The minimum atomic E-state index is -0.178. The first-order valence-electron chi connectivity index (χ1n) is 11.0. The van der Waals surface area contributed by atoms with E-state index < -0.39 is 0 Å². The van der Waals surface area contributed by atoms with Crippen molar-refractivity contribution in [2.24, 2.45) is 5.92 Å². The summed E-state index contributed by atoms with van der Waals surface area (Å²) in [6, 6.07) is 10.1. The number of nitrogens with one attached hydrogen (secondary N) is 1. The minimum Gasteiger partial charge on any atom is -0.493 e. The van der Waals surface area contributed by atoms with Crippen LogP contribution >= 0.6 is 15.9 Å². The zero-order chi connectivity index (χ0) is 21.4. The normalized spacial score (nSPS) is 17.0. The van der Waals surface area contributed by atoms with Gasteiger partial charge in [-0.05, 0) is 71.9 Å². The number of carbonyl (C=O) groups is 1. The van der Waals surface area contributed by atoms with E-state index in [1.165, 1.54) is 32.1 Å². The molecule has 1 N–H and O–H groups in total. The number of halogens is 1. The van der Waals surface area contributed by atoms with Crippen molar-refractivity contribution in [1.29, 1.82) is 0 Å². The predicted octanol–water partition coefficient (Wildman–Crippen LogP) is 5.83. The van der Waals surface area contributed by atoms with Gasteiger partial charge in [-0.15, -0.1) is 0 Å². The smallest absolute Gasteiger partial charge is 0.314 e. The predicted molar refractivity (Wildman–Crippen MR) is 124 cm³/mol. The van der Waals surface area contributed by atoms with Crippen molar-refractivity contribution in [1.82, 2.24) is 9.38 Å². The van der Waals surface area contributed by atoms with Crippen LogP contribution in [0.25, 0.3) is 16.9 Å². The molecule has 1 aromatic carbocycles. The first kappa shape index (κ1) is 20.4. The fraction of sp³-hybridized carbons (Fsp3) is 0.417. The van der Waals surface area contributed by atoms with E-state index in [1.807, 2.05) is 30.5 Å². The maximum atomic E-state index is 12.1. The van der Waals surface area contributed by atoms with Gasteiger partial charge in [-0.25, -0.2) is 4.98 Å². The van der Waals surface area contributed by atoms with Gasteiger partial charge in [-0.3, -0.25) is 9.20 Å². The van der Waals surface area contributed by atoms with Crippen molar-refractivity contribution in [2.45, 2.75) is 51.0 Å². The topological polar surface area (TPSA) is 64.9 Å². The highest BCUT2D eigenvalue weighted by atomic mass is 79.9. The number of nitrogens with zero attached hydrogens (tertiary/aromatic N) is 2. The lowest BCUT2D eigenvalue weighted by Crippen LogP contribution is -2.23. The molecule has 0 saturated heterocycles. The number of carbonyl (C=O) groups excluding carboxylic acids is 1. The molecule has 3 aromatic rings. The highest BCUT2D eigenvalue weighted by molar-refractivity contribution is 9.10. The zero-order valence-corrected chi connectivity index (χ0v) is 19.2. The molecule has 7 heteroatoms. The van der Waals surface area contributed by atoms with Crippen LogP contribution in [-0.4, -0.2) is 28.5 Å². The molecule has 2 fully saturated rings. The van der Waals surface area contributed by atoms with Crippen LogP contribution in [0.2, 0.25) is 0 Å². The molecule has 0 bridgehead atoms. The Labute approximate surface area is 190 Å². The van der Waals surface area contributed by atoms with Crippen LogP contribution in [0.1, 0.15) is 44.9 Å². The van der Waals surface area contributed by atoms with Gasteiger partial charge in [0.15, 0.2) is 11.5 Å². The first-order chi connectivity index (χ1) is 15.1. The molecule has 0 radical (unpaired) electrons. The van der Waals surface area contributed by atoms with Crippen molar-refractivity contribution >= 4 is 33.4 Å². The van der Waals surface area contributed by atoms with Crippen molar-refractivity contribution < 1.29 is 14.3 Å². The third-order valence-electron chi connectivity index (χ3n) is 6.09. The molecule has 2 saturated carbocycles. The third kappa shape index (κ3) is 4.28. The van der Waals surface area contributed by atoms with Crippen molar-refractivity contribution in [3.63, 3.8) is 0 Å². The lowest BCUT2D eigenvalue weighted by Gasteiger charge is -2.24. The van der Waals surface area contributed by atoms with Gasteiger partial charge in [0.2, 0.25) is 0 Å². The summed E-state index contributed by atoms with van der Waals surface area (Å²) in [4.78, 5) is 17.0. The number of hydrogen-bond acceptors (Lipinski definition) is 5. The molecule has 2 aromatic heterocycles. The van der Waals surface area contributed by atoms with Crippen molar-refractivity contribution in [2.75, 3.05) is 12.4 Å². The van der Waals surface area contributed by atoms with E-state index in [4.69, 9.17) is 14.5 Å². The number of methoxy groups -OCH3 is 1. The second-order valence-corrected chi connectivity index (χ2v) is 9.34. The highest BCUT2D eigenvalue weighted by Crippen LogP contribution is 2.38. The third-order valence-corrected chi connectivity index (χ3v) is 6.56. The lowest BCUT2D eigenvalue weighted by molar-refractivity contribution is -0.135. The number of pyridine rings is 1. The molecule has 162 valence electrons. The van der Waals surface area contributed by atoms with Crippen LogP contribution in [-0.2, 0) is 4.79 Å². The summed E-state index contributed by atoms with van der Waals surface area (Å²) in [6.07, 6.45) is 10.0. The number of aromatic nitrogens is 2. The number of benzene rings is 1. The number of anilines is 1. The quantitative estimate of drug-likeness (QED) is 0.352. The average molecular weight is 484 g/mol. The van der Waals surface area contributed by atoms with Crippen LogP contribution < -0.4 is 14.8 Å². The molecule has 2 heterocycles. The van der Waals surface area contributed by atoms with Gasteiger partial charge in [0, 0.05) is 22.3 Å². The van der Waals surface area contributed by atoms with Crippen LogP contribution in [0.4, 0.5) is 5.82 Å².